The molecule has 0 unspecified atom stereocenters. The van der Waals surface area contributed by atoms with Gasteiger partial charge in [-0.15, -0.1) is 0 Å². The quantitative estimate of drug-likeness (QED) is 0.306. The summed E-state index contributed by atoms with van der Waals surface area (Å²) in [6.07, 6.45) is -7.38. The van der Waals surface area contributed by atoms with E-state index in [0.29, 0.717) is 0 Å². The van der Waals surface area contributed by atoms with E-state index in [2.05, 4.69) is 9.47 Å². The van der Waals surface area contributed by atoms with Gasteiger partial charge < -0.3 is 24.4 Å². The molecule has 4 atom stereocenters. The number of carbonyl (C=O) groups excluding carboxylic acids is 4. The van der Waals surface area contributed by atoms with Crippen LogP contribution in [-0.2, 0) is 33.4 Å². The molecule has 0 bridgehead atoms. The summed E-state index contributed by atoms with van der Waals surface area (Å²) in [4.78, 5) is 45.0. The van der Waals surface area contributed by atoms with Gasteiger partial charge in [0.15, 0.2) is 24.6 Å². The maximum absolute atomic E-state index is 11.3. The van der Waals surface area contributed by atoms with Crippen LogP contribution >= 0.6 is 0 Å². The lowest BCUT2D eigenvalue weighted by Crippen LogP contribution is -2.52. The Hall–Kier alpha value is -2.00. The van der Waals surface area contributed by atoms with Crippen molar-refractivity contribution in [2.24, 2.45) is 0 Å². The fourth-order valence-corrected chi connectivity index (χ4v) is 1.42. The molecule has 120 valence electrons. The molecule has 0 aromatic rings. The Morgan fingerprint density at radius 1 is 1.05 bits per heavy atom. The average molecular weight is 309 g/mol. The molecule has 0 aliphatic heterocycles. The molecule has 9 nitrogen and oxygen atoms in total. The Kier molecular flexibility index (Phi) is 6.00. The molecular weight excluding hydrogens is 288 g/mol. The van der Waals surface area contributed by atoms with Gasteiger partial charge in [0.1, 0.15) is 6.10 Å². The van der Waals surface area contributed by atoms with Crippen molar-refractivity contribution in [3.05, 3.63) is 0 Å². The molecule has 9 heteroatoms. The highest BCUT2D eigenvalue weighted by molar-refractivity contribution is 5.72. The lowest BCUT2D eigenvalue weighted by molar-refractivity contribution is -0.193. The minimum atomic E-state index is -1.87. The van der Waals surface area contributed by atoms with Crippen LogP contribution in [0.2, 0.25) is 0 Å². The fraction of sp³-hybridized carbons (Fsp3) is 0.667. The highest BCUT2D eigenvalue weighted by Crippen LogP contribution is 2.16. The van der Waals surface area contributed by atoms with Crippen LogP contribution in [0, 0.1) is 0 Å². The van der Waals surface area contributed by atoms with E-state index in [4.69, 9.17) is 14.0 Å². The van der Waals surface area contributed by atoms with E-state index in [1.807, 2.05) is 0 Å². The normalized spacial score (nSPS) is 17.9. The number of carbonyl (C=O) groups is 4. The minimum Gasteiger partial charge on any atom is -0.456 e. The number of aldehydes is 1. The predicted molar refractivity (Wildman–Crippen MR) is 65.8 cm³/mol. The molecule has 0 aromatic heterocycles. The van der Waals surface area contributed by atoms with Crippen LogP contribution < -0.4 is 0 Å². The molecule has 0 rings (SSSR count). The molecule has 2 N–H and O–H groups in total. The number of hydrogen-bond acceptors (Lipinski definition) is 9. The largest absolute Gasteiger partial charge is 0.456 e. The minimum absolute atomic E-state index is 0.0150. The van der Waals surface area contributed by atoms with Gasteiger partial charge in [-0.05, 0) is 0 Å². The van der Waals surface area contributed by atoms with Crippen molar-refractivity contribution in [3.8, 4) is 0 Å². The Morgan fingerprint density at radius 3 is 1.95 bits per heavy atom. The molecule has 0 saturated heterocycles. The Morgan fingerprint density at radius 2 is 1.52 bits per heavy atom. The van der Waals surface area contributed by atoms with Gasteiger partial charge in [0.25, 0.3) is 0 Å². The Balaban J connectivity index is 5.62. The zero-order chi connectivity index (χ0) is 18.7. The van der Waals surface area contributed by atoms with Crippen molar-refractivity contribution in [1.82, 2.24) is 0 Å². The van der Waals surface area contributed by atoms with Gasteiger partial charge in [-0.25, -0.2) is 0 Å². The van der Waals surface area contributed by atoms with Crippen molar-refractivity contribution in [2.45, 2.75) is 45.1 Å². The molecule has 0 radical (unpaired) electrons. The summed E-state index contributed by atoms with van der Waals surface area (Å²) in [5.74, 6) is -3.52. The topological polar surface area (TPSA) is 136 Å². The smallest absolute Gasteiger partial charge is 0.303 e. The third-order valence-electron chi connectivity index (χ3n) is 2.15. The summed E-state index contributed by atoms with van der Waals surface area (Å²) < 4.78 is 34.6. The van der Waals surface area contributed by atoms with E-state index in [1.165, 1.54) is 0 Å². The molecule has 0 heterocycles. The summed E-state index contributed by atoms with van der Waals surface area (Å²) in [5.41, 5.74) is 0. The van der Waals surface area contributed by atoms with E-state index >= 15 is 0 Å². The van der Waals surface area contributed by atoms with E-state index in [1.54, 1.807) is 0 Å². The third-order valence-corrected chi connectivity index (χ3v) is 2.15. The number of rotatable bonds is 8. The van der Waals surface area contributed by atoms with E-state index in [9.17, 15) is 24.3 Å². The van der Waals surface area contributed by atoms with E-state index in [0.717, 1.165) is 0 Å². The molecule has 0 amide bonds. The molecule has 0 fully saturated rings. The average Bonchev–Trinajstić information content (AvgIpc) is 2.60. The van der Waals surface area contributed by atoms with E-state index in [-0.39, 0.29) is 6.29 Å². The second-order valence-corrected chi connectivity index (χ2v) is 3.75. The van der Waals surface area contributed by atoms with Crippen LogP contribution in [0.1, 0.15) is 24.8 Å². The van der Waals surface area contributed by atoms with Gasteiger partial charge in [0.05, 0.1) is 6.61 Å². The maximum Gasteiger partial charge on any atom is 0.303 e. The predicted octanol–water partition coefficient (Wildman–Crippen LogP) is -1.67. The monoisotopic (exact) mass is 309 g/mol. The lowest BCUT2D eigenvalue weighted by atomic mass is 10.0. The first kappa shape index (κ1) is 14.0. The van der Waals surface area contributed by atoms with Crippen molar-refractivity contribution in [1.29, 1.82) is 0 Å². The van der Waals surface area contributed by atoms with Gasteiger partial charge in [-0.2, -0.15) is 0 Å². The summed E-state index contributed by atoms with van der Waals surface area (Å²) in [7, 11) is 0. The zero-order valence-electron chi connectivity index (χ0n) is 14.0. The SMILES string of the molecule is [2H]CC(=O)O[C@H]([C@H](OC(=O)C[2H])[C@H](C=O)OC(=O)C[2H])[C@H](O)CO. The van der Waals surface area contributed by atoms with Crippen LogP contribution in [0.3, 0.4) is 0 Å². The lowest BCUT2D eigenvalue weighted by Gasteiger charge is -2.31. The molecule has 21 heavy (non-hydrogen) atoms. The first-order chi connectivity index (χ1) is 11.3. The first-order valence-corrected chi connectivity index (χ1v) is 5.54. The van der Waals surface area contributed by atoms with Crippen molar-refractivity contribution in [3.63, 3.8) is 0 Å². The summed E-state index contributed by atoms with van der Waals surface area (Å²) >= 11 is 0. The molecule has 0 spiro atoms. The van der Waals surface area contributed by atoms with E-state index < -0.39 is 69.6 Å². The van der Waals surface area contributed by atoms with Gasteiger partial charge in [0.2, 0.25) is 0 Å². The second-order valence-electron chi connectivity index (χ2n) is 3.75. The Labute approximate surface area is 125 Å². The molecular formula is C12H18O9. The number of hydrogen-bond donors (Lipinski definition) is 2. The second kappa shape index (κ2) is 9.03. The Bertz CT molecular complexity index is 445. The standard InChI is InChI=1S/C12H18O9/c1-6(15)19-10(5-14)12(21-8(3)17)11(9(18)4-13)20-7(2)16/h5,9-13,18H,4H2,1-3H3/t9-,10+,11+,12-/m1/s1/i1D,2D,3D. The van der Waals surface area contributed by atoms with Crippen molar-refractivity contribution >= 4 is 24.2 Å². The van der Waals surface area contributed by atoms with Crippen molar-refractivity contribution in [2.75, 3.05) is 6.61 Å². The number of ether oxygens (including phenoxy) is 3. The van der Waals surface area contributed by atoms with Gasteiger partial charge >= 0.3 is 17.9 Å². The third kappa shape index (κ3) is 6.82. The highest BCUT2D eigenvalue weighted by atomic mass is 16.6. The molecule has 0 aliphatic carbocycles. The van der Waals surface area contributed by atoms with Crippen LogP contribution in [0.25, 0.3) is 0 Å². The number of aliphatic hydroxyl groups is 2. The summed E-state index contributed by atoms with van der Waals surface area (Å²) in [5, 5.41) is 18.8. The zero-order valence-corrected chi connectivity index (χ0v) is 11.0. The maximum atomic E-state index is 11.3. The number of aliphatic hydroxyl groups excluding tert-OH is 2. The van der Waals surface area contributed by atoms with Crippen LogP contribution in [0.4, 0.5) is 0 Å². The fourth-order valence-electron chi connectivity index (χ4n) is 1.42. The van der Waals surface area contributed by atoms with Crippen molar-refractivity contribution < 1.29 is 47.7 Å². The van der Waals surface area contributed by atoms with Crippen LogP contribution in [-0.4, -0.2) is 65.4 Å². The highest BCUT2D eigenvalue weighted by Gasteiger charge is 2.40. The van der Waals surface area contributed by atoms with Gasteiger partial charge in [-0.3, -0.25) is 19.2 Å². The summed E-state index contributed by atoms with van der Waals surface area (Å²) in [6, 6.07) is 0. The number of esters is 3. The summed E-state index contributed by atoms with van der Waals surface area (Å²) in [6.45, 7) is -3.58. The first-order valence-electron chi connectivity index (χ1n) is 7.67. The molecule has 0 saturated carbocycles. The van der Waals surface area contributed by atoms with Gasteiger partial charge in [-0.1, -0.05) is 0 Å². The van der Waals surface area contributed by atoms with Crippen LogP contribution in [0.15, 0.2) is 0 Å². The van der Waals surface area contributed by atoms with Crippen LogP contribution in [0.5, 0.6) is 0 Å². The van der Waals surface area contributed by atoms with Gasteiger partial charge in [0, 0.05) is 24.8 Å². The molecule has 0 aromatic carbocycles. The molecule has 0 aliphatic rings.